The van der Waals surface area contributed by atoms with Gasteiger partial charge in [-0.2, -0.15) is 0 Å². The maximum Gasteiger partial charge on any atom is 0.0415 e. The molecule has 1 aromatic rings. The molecule has 2 unspecified atom stereocenters. The maximum absolute atomic E-state index is 3.59. The van der Waals surface area contributed by atoms with Gasteiger partial charge in [0.1, 0.15) is 0 Å². The van der Waals surface area contributed by atoms with Crippen LogP contribution in [0.3, 0.4) is 0 Å². The van der Waals surface area contributed by atoms with Crippen molar-refractivity contribution in [2.24, 2.45) is 0 Å². The van der Waals surface area contributed by atoms with Gasteiger partial charge >= 0.3 is 0 Å². The summed E-state index contributed by atoms with van der Waals surface area (Å²) in [6, 6.07) is 7.58. The van der Waals surface area contributed by atoms with Crippen LogP contribution < -0.4 is 10.2 Å². The average Bonchev–Trinajstić information content (AvgIpc) is 2.45. The van der Waals surface area contributed by atoms with Gasteiger partial charge in [-0.05, 0) is 64.2 Å². The van der Waals surface area contributed by atoms with Gasteiger partial charge in [-0.3, -0.25) is 0 Å². The Bertz CT molecular complexity index is 449. The van der Waals surface area contributed by atoms with E-state index in [-0.39, 0.29) is 0 Å². The van der Waals surface area contributed by atoms with Crippen LogP contribution in [0.5, 0.6) is 0 Å². The monoisotopic (exact) mass is 339 g/mol. The summed E-state index contributed by atoms with van der Waals surface area (Å²) in [5.74, 6) is 0. The summed E-state index contributed by atoms with van der Waals surface area (Å²) < 4.78 is 1.15. The molecular formula is C16H26BrN3. The van der Waals surface area contributed by atoms with E-state index in [2.05, 4.69) is 70.3 Å². The first kappa shape index (κ1) is 15.8. The summed E-state index contributed by atoms with van der Waals surface area (Å²) in [5.41, 5.74) is 2.70. The number of rotatable bonds is 4. The van der Waals surface area contributed by atoms with Gasteiger partial charge in [-0.1, -0.05) is 15.9 Å². The number of anilines is 1. The van der Waals surface area contributed by atoms with Crippen LogP contribution in [0.1, 0.15) is 31.4 Å². The van der Waals surface area contributed by atoms with E-state index in [0.29, 0.717) is 12.1 Å². The minimum absolute atomic E-state index is 0.353. The SMILES string of the molecule is CNC(C)c1cc(Br)ccc1N(C)C1CCCN(C)C1. The Balaban J connectivity index is 2.26. The van der Waals surface area contributed by atoms with Gasteiger partial charge in [-0.25, -0.2) is 0 Å². The van der Waals surface area contributed by atoms with Crippen LogP contribution in [-0.2, 0) is 0 Å². The molecule has 2 rings (SSSR count). The number of likely N-dealkylation sites (N-methyl/N-ethyl adjacent to an activating group) is 2. The van der Waals surface area contributed by atoms with E-state index in [1.807, 2.05) is 7.05 Å². The van der Waals surface area contributed by atoms with Gasteiger partial charge in [0.05, 0.1) is 0 Å². The fraction of sp³-hybridized carbons (Fsp3) is 0.625. The van der Waals surface area contributed by atoms with Crippen molar-refractivity contribution < 1.29 is 0 Å². The largest absolute Gasteiger partial charge is 0.370 e. The molecule has 0 saturated carbocycles. The Morgan fingerprint density at radius 2 is 2.20 bits per heavy atom. The minimum atomic E-state index is 0.353. The zero-order chi connectivity index (χ0) is 14.7. The van der Waals surface area contributed by atoms with E-state index >= 15 is 0 Å². The molecule has 1 N–H and O–H groups in total. The van der Waals surface area contributed by atoms with Crippen LogP contribution in [0.2, 0.25) is 0 Å². The number of nitrogens with one attached hydrogen (secondary N) is 1. The molecule has 0 aliphatic carbocycles. The lowest BCUT2D eigenvalue weighted by molar-refractivity contribution is 0.247. The molecule has 3 nitrogen and oxygen atoms in total. The fourth-order valence-corrected chi connectivity index (χ4v) is 3.38. The van der Waals surface area contributed by atoms with Crippen LogP contribution in [0.15, 0.2) is 22.7 Å². The van der Waals surface area contributed by atoms with Gasteiger partial charge in [0.25, 0.3) is 0 Å². The minimum Gasteiger partial charge on any atom is -0.370 e. The van der Waals surface area contributed by atoms with E-state index < -0.39 is 0 Å². The number of piperidine rings is 1. The molecule has 1 fully saturated rings. The topological polar surface area (TPSA) is 18.5 Å². The fourth-order valence-electron chi connectivity index (χ4n) is 3.00. The normalized spacial score (nSPS) is 21.8. The first-order valence-corrected chi connectivity index (χ1v) is 8.20. The molecule has 1 heterocycles. The molecule has 0 spiro atoms. The van der Waals surface area contributed by atoms with Crippen molar-refractivity contribution in [2.45, 2.75) is 31.8 Å². The number of hydrogen-bond acceptors (Lipinski definition) is 3. The zero-order valence-corrected chi connectivity index (χ0v) is 14.6. The van der Waals surface area contributed by atoms with Gasteiger partial charge < -0.3 is 15.1 Å². The highest BCUT2D eigenvalue weighted by Crippen LogP contribution is 2.31. The summed E-state index contributed by atoms with van der Waals surface area (Å²) in [7, 11) is 6.47. The molecule has 1 aromatic carbocycles. The zero-order valence-electron chi connectivity index (χ0n) is 13.0. The van der Waals surface area contributed by atoms with Gasteiger partial charge in [0, 0.05) is 35.8 Å². The van der Waals surface area contributed by atoms with E-state index in [1.165, 1.54) is 30.6 Å². The Hall–Kier alpha value is -0.580. The predicted molar refractivity (Wildman–Crippen MR) is 90.5 cm³/mol. The van der Waals surface area contributed by atoms with Crippen molar-refractivity contribution in [1.82, 2.24) is 10.2 Å². The molecule has 1 saturated heterocycles. The predicted octanol–water partition coefficient (Wildman–Crippen LogP) is 3.26. The number of hydrogen-bond donors (Lipinski definition) is 1. The number of benzene rings is 1. The highest BCUT2D eigenvalue weighted by molar-refractivity contribution is 9.10. The average molecular weight is 340 g/mol. The van der Waals surface area contributed by atoms with Crippen LogP contribution in [0.25, 0.3) is 0 Å². The van der Waals surface area contributed by atoms with Crippen molar-refractivity contribution >= 4 is 21.6 Å². The van der Waals surface area contributed by atoms with Crippen LogP contribution in [0.4, 0.5) is 5.69 Å². The van der Waals surface area contributed by atoms with Gasteiger partial charge in [-0.15, -0.1) is 0 Å². The summed E-state index contributed by atoms with van der Waals surface area (Å²) in [6.45, 7) is 4.59. The Morgan fingerprint density at radius 1 is 1.45 bits per heavy atom. The Morgan fingerprint density at radius 3 is 2.85 bits per heavy atom. The summed E-state index contributed by atoms with van der Waals surface area (Å²) >= 11 is 3.59. The summed E-state index contributed by atoms with van der Waals surface area (Å²) in [4.78, 5) is 4.90. The lowest BCUT2D eigenvalue weighted by Gasteiger charge is -2.38. The first-order valence-electron chi connectivity index (χ1n) is 7.41. The van der Waals surface area contributed by atoms with Crippen molar-refractivity contribution in [3.63, 3.8) is 0 Å². The third-order valence-electron chi connectivity index (χ3n) is 4.42. The third kappa shape index (κ3) is 3.54. The summed E-state index contributed by atoms with van der Waals surface area (Å²) in [6.07, 6.45) is 2.57. The molecule has 0 radical (unpaired) electrons. The van der Waals surface area contributed by atoms with E-state index in [0.717, 1.165) is 11.0 Å². The van der Waals surface area contributed by atoms with E-state index in [1.54, 1.807) is 0 Å². The Labute approximate surface area is 131 Å². The molecule has 112 valence electrons. The van der Waals surface area contributed by atoms with Crippen LogP contribution >= 0.6 is 15.9 Å². The first-order chi connectivity index (χ1) is 9.52. The number of likely N-dealkylation sites (tertiary alicyclic amines) is 1. The molecule has 0 amide bonds. The summed E-state index contributed by atoms with van der Waals surface area (Å²) in [5, 5.41) is 3.36. The van der Waals surface area contributed by atoms with Gasteiger partial charge in [0.2, 0.25) is 0 Å². The van der Waals surface area contributed by atoms with Crippen LogP contribution in [0, 0.1) is 0 Å². The van der Waals surface area contributed by atoms with Crippen molar-refractivity contribution in [2.75, 3.05) is 39.1 Å². The Kier molecular flexibility index (Phi) is 5.47. The number of halogens is 1. The van der Waals surface area contributed by atoms with E-state index in [4.69, 9.17) is 0 Å². The van der Waals surface area contributed by atoms with E-state index in [9.17, 15) is 0 Å². The molecule has 0 bridgehead atoms. The third-order valence-corrected chi connectivity index (χ3v) is 4.91. The molecule has 4 heteroatoms. The van der Waals surface area contributed by atoms with Gasteiger partial charge in [0.15, 0.2) is 0 Å². The highest BCUT2D eigenvalue weighted by atomic mass is 79.9. The smallest absolute Gasteiger partial charge is 0.0415 e. The standard InChI is InChI=1S/C16H26BrN3/c1-12(18-2)15-10-13(17)7-8-16(15)20(4)14-6-5-9-19(3)11-14/h7-8,10,12,14,18H,5-6,9,11H2,1-4H3. The molecule has 20 heavy (non-hydrogen) atoms. The highest BCUT2D eigenvalue weighted by Gasteiger charge is 2.23. The lowest BCUT2D eigenvalue weighted by Crippen LogP contribution is -2.45. The second-order valence-electron chi connectivity index (χ2n) is 5.88. The second-order valence-corrected chi connectivity index (χ2v) is 6.80. The lowest BCUT2D eigenvalue weighted by atomic mass is 10.0. The van der Waals surface area contributed by atoms with Crippen molar-refractivity contribution in [3.05, 3.63) is 28.2 Å². The second kappa shape index (κ2) is 6.92. The molecular weight excluding hydrogens is 314 g/mol. The van der Waals surface area contributed by atoms with Crippen molar-refractivity contribution in [3.8, 4) is 0 Å². The number of nitrogens with zero attached hydrogens (tertiary/aromatic N) is 2. The van der Waals surface area contributed by atoms with Crippen molar-refractivity contribution in [1.29, 1.82) is 0 Å². The maximum atomic E-state index is 3.59. The molecule has 2 atom stereocenters. The molecule has 0 aromatic heterocycles. The quantitative estimate of drug-likeness (QED) is 0.908. The van der Waals surface area contributed by atoms with Crippen LogP contribution in [-0.4, -0.2) is 45.2 Å². The molecule has 1 aliphatic rings. The molecule has 1 aliphatic heterocycles.